The number of nitrogens with zero attached hydrogens (tertiary/aromatic N) is 1. The van der Waals surface area contributed by atoms with Crippen LogP contribution < -0.4 is 5.32 Å². The molecule has 1 atom stereocenters. The second kappa shape index (κ2) is 4.69. The molecule has 0 saturated carbocycles. The molecule has 2 N–H and O–H groups in total. The van der Waals surface area contributed by atoms with E-state index in [4.69, 9.17) is 0 Å². The Bertz CT molecular complexity index is 264. The van der Waals surface area contributed by atoms with Gasteiger partial charge < -0.3 is 15.2 Å². The third-order valence-corrected chi connectivity index (χ3v) is 3.10. The van der Waals surface area contributed by atoms with Crippen LogP contribution in [-0.2, 0) is 9.53 Å². The summed E-state index contributed by atoms with van der Waals surface area (Å²) in [5.74, 6) is -0.582. The molecule has 0 amide bonds. The van der Waals surface area contributed by atoms with E-state index < -0.39 is 11.6 Å². The van der Waals surface area contributed by atoms with E-state index in [2.05, 4.69) is 28.8 Å². The quantitative estimate of drug-likeness (QED) is 0.646. The van der Waals surface area contributed by atoms with E-state index in [-0.39, 0.29) is 5.54 Å². The number of hydrogen-bond donors (Lipinski definition) is 2. The molecule has 1 heterocycles. The first-order valence-corrected chi connectivity index (χ1v) is 5.56. The van der Waals surface area contributed by atoms with Gasteiger partial charge in [-0.15, -0.1) is 0 Å². The van der Waals surface area contributed by atoms with Crippen LogP contribution in [0.2, 0.25) is 0 Å². The predicted octanol–water partition coefficient (Wildman–Crippen LogP) is -0.406. The molecule has 16 heavy (non-hydrogen) atoms. The highest BCUT2D eigenvalue weighted by Gasteiger charge is 2.39. The summed E-state index contributed by atoms with van der Waals surface area (Å²) in [7, 11) is 1.29. The minimum Gasteiger partial charge on any atom is -0.467 e. The van der Waals surface area contributed by atoms with Crippen LogP contribution in [0.15, 0.2) is 0 Å². The number of rotatable bonds is 3. The molecule has 1 rings (SSSR count). The van der Waals surface area contributed by atoms with Crippen LogP contribution in [-0.4, -0.2) is 60.4 Å². The summed E-state index contributed by atoms with van der Waals surface area (Å²) in [6, 6.07) is 0. The maximum absolute atomic E-state index is 11.4. The van der Waals surface area contributed by atoms with Gasteiger partial charge in [0.15, 0.2) is 5.60 Å². The van der Waals surface area contributed by atoms with Gasteiger partial charge in [-0.1, -0.05) is 0 Å². The van der Waals surface area contributed by atoms with E-state index in [0.29, 0.717) is 6.54 Å². The van der Waals surface area contributed by atoms with Gasteiger partial charge in [-0.05, 0) is 20.8 Å². The van der Waals surface area contributed by atoms with Crippen molar-refractivity contribution in [1.82, 2.24) is 10.2 Å². The summed E-state index contributed by atoms with van der Waals surface area (Å²) in [5, 5.41) is 13.3. The van der Waals surface area contributed by atoms with Crippen molar-refractivity contribution in [1.29, 1.82) is 0 Å². The number of hydrogen-bond acceptors (Lipinski definition) is 5. The largest absolute Gasteiger partial charge is 0.467 e. The van der Waals surface area contributed by atoms with Crippen molar-refractivity contribution in [2.24, 2.45) is 0 Å². The monoisotopic (exact) mass is 230 g/mol. The van der Waals surface area contributed by atoms with Gasteiger partial charge in [0.25, 0.3) is 0 Å². The van der Waals surface area contributed by atoms with Gasteiger partial charge in [0, 0.05) is 31.7 Å². The standard InChI is InChI=1S/C11H22N2O3/c1-10(2)7-12-5-6-13(10)8-11(3,15)9(14)16-4/h12,15H,5-8H2,1-4H3. The highest BCUT2D eigenvalue weighted by Crippen LogP contribution is 2.20. The number of nitrogens with one attached hydrogen (secondary N) is 1. The first kappa shape index (κ1) is 13.4. The number of aliphatic hydroxyl groups is 1. The van der Waals surface area contributed by atoms with Gasteiger partial charge in [0.05, 0.1) is 7.11 Å². The summed E-state index contributed by atoms with van der Waals surface area (Å²) >= 11 is 0. The van der Waals surface area contributed by atoms with Crippen LogP contribution in [0.25, 0.3) is 0 Å². The van der Waals surface area contributed by atoms with Crippen molar-refractivity contribution in [3.8, 4) is 0 Å². The van der Waals surface area contributed by atoms with E-state index in [0.717, 1.165) is 19.6 Å². The molecule has 0 aromatic rings. The molecule has 0 aromatic carbocycles. The molecular weight excluding hydrogens is 208 g/mol. The Balaban J connectivity index is 2.68. The zero-order chi connectivity index (χ0) is 12.4. The maximum atomic E-state index is 11.4. The molecule has 0 spiro atoms. The third kappa shape index (κ3) is 2.93. The van der Waals surface area contributed by atoms with Crippen molar-refractivity contribution in [2.75, 3.05) is 33.3 Å². The highest BCUT2D eigenvalue weighted by molar-refractivity contribution is 5.78. The molecule has 5 heteroatoms. The maximum Gasteiger partial charge on any atom is 0.338 e. The Morgan fingerprint density at radius 2 is 2.25 bits per heavy atom. The van der Waals surface area contributed by atoms with Crippen molar-refractivity contribution in [3.63, 3.8) is 0 Å². The van der Waals surface area contributed by atoms with E-state index in [1.807, 2.05) is 0 Å². The number of piperazine rings is 1. The number of carbonyl (C=O) groups is 1. The first-order valence-electron chi connectivity index (χ1n) is 5.56. The van der Waals surface area contributed by atoms with Crippen molar-refractivity contribution < 1.29 is 14.6 Å². The fraction of sp³-hybridized carbons (Fsp3) is 0.909. The number of β-amino-alcohol motifs (C(OH)–C–C–N with tert-alkyl or cyclic N) is 1. The van der Waals surface area contributed by atoms with Gasteiger partial charge in [0.2, 0.25) is 0 Å². The van der Waals surface area contributed by atoms with E-state index in [1.54, 1.807) is 0 Å². The normalized spacial score (nSPS) is 24.8. The molecule has 5 nitrogen and oxygen atoms in total. The fourth-order valence-corrected chi connectivity index (χ4v) is 1.97. The molecule has 94 valence electrons. The zero-order valence-corrected chi connectivity index (χ0v) is 10.5. The second-order valence-electron chi connectivity index (χ2n) is 5.18. The SMILES string of the molecule is COC(=O)C(C)(O)CN1CCNCC1(C)C. The predicted molar refractivity (Wildman–Crippen MR) is 61.2 cm³/mol. The van der Waals surface area contributed by atoms with Crippen molar-refractivity contribution in [3.05, 3.63) is 0 Å². The van der Waals surface area contributed by atoms with E-state index >= 15 is 0 Å². The number of methoxy groups -OCH3 is 1. The molecule has 1 aliphatic heterocycles. The van der Waals surface area contributed by atoms with E-state index in [9.17, 15) is 9.90 Å². The minimum atomic E-state index is -1.44. The second-order valence-corrected chi connectivity index (χ2v) is 5.18. The number of ether oxygens (including phenoxy) is 1. The molecule has 0 radical (unpaired) electrons. The first-order chi connectivity index (χ1) is 7.29. The Morgan fingerprint density at radius 3 is 2.75 bits per heavy atom. The van der Waals surface area contributed by atoms with Gasteiger partial charge in [0.1, 0.15) is 0 Å². The Kier molecular flexibility index (Phi) is 3.93. The van der Waals surface area contributed by atoms with Crippen molar-refractivity contribution >= 4 is 5.97 Å². The lowest BCUT2D eigenvalue weighted by Gasteiger charge is -2.45. The lowest BCUT2D eigenvalue weighted by atomic mass is 9.96. The topological polar surface area (TPSA) is 61.8 Å². The van der Waals surface area contributed by atoms with Gasteiger partial charge >= 0.3 is 5.97 Å². The lowest BCUT2D eigenvalue weighted by molar-refractivity contribution is -0.164. The number of esters is 1. The Labute approximate surface area is 96.8 Å². The molecular formula is C11H22N2O3. The van der Waals surface area contributed by atoms with Crippen LogP contribution in [0.5, 0.6) is 0 Å². The average Bonchev–Trinajstić information content (AvgIpc) is 2.19. The third-order valence-electron chi connectivity index (χ3n) is 3.10. The van der Waals surface area contributed by atoms with Gasteiger partial charge in [-0.3, -0.25) is 4.90 Å². The van der Waals surface area contributed by atoms with Crippen LogP contribution in [0.1, 0.15) is 20.8 Å². The summed E-state index contributed by atoms with van der Waals surface area (Å²) in [6.07, 6.45) is 0. The molecule has 1 saturated heterocycles. The van der Waals surface area contributed by atoms with Crippen LogP contribution in [0.4, 0.5) is 0 Å². The van der Waals surface area contributed by atoms with Crippen LogP contribution >= 0.6 is 0 Å². The summed E-state index contributed by atoms with van der Waals surface area (Å²) in [4.78, 5) is 13.5. The fourth-order valence-electron chi connectivity index (χ4n) is 1.97. The summed E-state index contributed by atoms with van der Waals surface area (Å²) < 4.78 is 4.59. The summed E-state index contributed by atoms with van der Waals surface area (Å²) in [6.45, 7) is 8.52. The zero-order valence-electron chi connectivity index (χ0n) is 10.5. The summed E-state index contributed by atoms with van der Waals surface area (Å²) in [5.41, 5.74) is -1.50. The lowest BCUT2D eigenvalue weighted by Crippen LogP contribution is -2.62. The smallest absolute Gasteiger partial charge is 0.338 e. The van der Waals surface area contributed by atoms with Gasteiger partial charge in [-0.2, -0.15) is 0 Å². The van der Waals surface area contributed by atoms with Gasteiger partial charge in [-0.25, -0.2) is 4.79 Å². The van der Waals surface area contributed by atoms with Crippen LogP contribution in [0.3, 0.4) is 0 Å². The van der Waals surface area contributed by atoms with E-state index in [1.165, 1.54) is 14.0 Å². The Hall–Kier alpha value is -0.650. The molecule has 1 fully saturated rings. The average molecular weight is 230 g/mol. The highest BCUT2D eigenvalue weighted by atomic mass is 16.5. The molecule has 0 aromatic heterocycles. The van der Waals surface area contributed by atoms with Crippen molar-refractivity contribution in [2.45, 2.75) is 31.9 Å². The van der Waals surface area contributed by atoms with Crippen LogP contribution in [0, 0.1) is 0 Å². The molecule has 0 bridgehead atoms. The molecule has 0 aliphatic carbocycles. The molecule has 1 unspecified atom stereocenters. The molecule has 1 aliphatic rings. The Morgan fingerprint density at radius 1 is 1.62 bits per heavy atom. The number of carbonyl (C=O) groups excluding carboxylic acids is 1. The minimum absolute atomic E-state index is 0.0593.